The van der Waals surface area contributed by atoms with Gasteiger partial charge in [-0.25, -0.2) is 4.99 Å². The van der Waals surface area contributed by atoms with Crippen molar-refractivity contribution >= 4 is 23.1 Å². The van der Waals surface area contributed by atoms with Crippen LogP contribution in [0.1, 0.15) is 26.7 Å². The van der Waals surface area contributed by atoms with E-state index in [1.54, 1.807) is 0 Å². The molecule has 0 atom stereocenters. The molecule has 1 amide bonds. The molecule has 116 valence electrons. The molecular weight excluding hydrogens is 266 g/mol. The summed E-state index contributed by atoms with van der Waals surface area (Å²) in [7, 11) is 3.86. The van der Waals surface area contributed by atoms with Crippen LogP contribution >= 0.6 is 0 Å². The molecule has 0 spiro atoms. The van der Waals surface area contributed by atoms with E-state index in [-0.39, 0.29) is 12.5 Å². The van der Waals surface area contributed by atoms with E-state index in [9.17, 15) is 4.79 Å². The molecule has 0 aliphatic carbocycles. The molecule has 0 heterocycles. The Balaban J connectivity index is 2.67. The molecule has 0 bridgehead atoms. The molecule has 1 aromatic rings. The Labute approximate surface area is 127 Å². The zero-order chi connectivity index (χ0) is 15.7. The third kappa shape index (κ3) is 6.40. The number of ether oxygens (including phenoxy) is 1. The number of carbonyl (C=O) groups is 1. The SMILES string of the molecule is CCCCOCC(=O)Nc1ccccc1N=C(C)N(C)C. The van der Waals surface area contributed by atoms with Crippen LogP contribution in [0, 0.1) is 0 Å². The van der Waals surface area contributed by atoms with Crippen LogP contribution in [-0.4, -0.2) is 44.0 Å². The van der Waals surface area contributed by atoms with Crippen LogP contribution in [0.25, 0.3) is 0 Å². The molecule has 0 aliphatic heterocycles. The summed E-state index contributed by atoms with van der Waals surface area (Å²) in [6.07, 6.45) is 2.03. The number of hydrogen-bond donors (Lipinski definition) is 1. The Morgan fingerprint density at radius 3 is 2.71 bits per heavy atom. The van der Waals surface area contributed by atoms with Crippen molar-refractivity contribution in [1.82, 2.24) is 4.90 Å². The lowest BCUT2D eigenvalue weighted by Crippen LogP contribution is -2.19. The third-order valence-corrected chi connectivity index (χ3v) is 2.98. The monoisotopic (exact) mass is 291 g/mol. The van der Waals surface area contributed by atoms with Gasteiger partial charge in [0.15, 0.2) is 0 Å². The molecule has 0 saturated carbocycles. The van der Waals surface area contributed by atoms with Gasteiger partial charge in [0, 0.05) is 20.7 Å². The lowest BCUT2D eigenvalue weighted by Gasteiger charge is -2.13. The summed E-state index contributed by atoms with van der Waals surface area (Å²) in [5, 5.41) is 2.84. The molecule has 1 N–H and O–H groups in total. The molecule has 5 heteroatoms. The van der Waals surface area contributed by atoms with Gasteiger partial charge in [0.25, 0.3) is 0 Å². The maximum Gasteiger partial charge on any atom is 0.250 e. The van der Waals surface area contributed by atoms with Crippen molar-refractivity contribution in [3.05, 3.63) is 24.3 Å². The van der Waals surface area contributed by atoms with E-state index >= 15 is 0 Å². The summed E-state index contributed by atoms with van der Waals surface area (Å²) in [6, 6.07) is 7.49. The minimum Gasteiger partial charge on any atom is -0.372 e. The first-order valence-electron chi connectivity index (χ1n) is 7.23. The van der Waals surface area contributed by atoms with Gasteiger partial charge in [-0.1, -0.05) is 25.5 Å². The predicted octanol–water partition coefficient (Wildman–Crippen LogP) is 3.05. The Morgan fingerprint density at radius 2 is 2.05 bits per heavy atom. The number of nitrogens with one attached hydrogen (secondary N) is 1. The lowest BCUT2D eigenvalue weighted by atomic mass is 10.2. The molecule has 0 unspecified atom stereocenters. The first-order valence-corrected chi connectivity index (χ1v) is 7.23. The number of hydrogen-bond acceptors (Lipinski definition) is 3. The number of anilines is 1. The summed E-state index contributed by atoms with van der Waals surface area (Å²) in [4.78, 5) is 18.3. The van der Waals surface area contributed by atoms with Crippen LogP contribution in [0.4, 0.5) is 11.4 Å². The number of carbonyl (C=O) groups excluding carboxylic acids is 1. The van der Waals surface area contributed by atoms with Crippen molar-refractivity contribution < 1.29 is 9.53 Å². The lowest BCUT2D eigenvalue weighted by molar-refractivity contribution is -0.120. The van der Waals surface area contributed by atoms with Crippen LogP contribution in [0.2, 0.25) is 0 Å². The first-order chi connectivity index (χ1) is 10.0. The summed E-state index contributed by atoms with van der Waals surface area (Å²) in [6.45, 7) is 4.70. The van der Waals surface area contributed by atoms with Crippen LogP contribution in [-0.2, 0) is 9.53 Å². The maximum absolute atomic E-state index is 11.9. The molecule has 0 saturated heterocycles. The number of rotatable bonds is 7. The van der Waals surface area contributed by atoms with Crippen molar-refractivity contribution in [2.75, 3.05) is 32.6 Å². The summed E-state index contributed by atoms with van der Waals surface area (Å²) < 4.78 is 5.31. The Bertz CT molecular complexity index is 484. The van der Waals surface area contributed by atoms with Crippen molar-refractivity contribution in [3.8, 4) is 0 Å². The highest BCUT2D eigenvalue weighted by Gasteiger charge is 2.07. The second kappa shape index (κ2) is 9.13. The van der Waals surface area contributed by atoms with Crippen LogP contribution < -0.4 is 5.32 Å². The van der Waals surface area contributed by atoms with Crippen LogP contribution in [0.5, 0.6) is 0 Å². The second-order valence-electron chi connectivity index (χ2n) is 5.02. The van der Waals surface area contributed by atoms with E-state index in [0.717, 1.165) is 24.4 Å². The van der Waals surface area contributed by atoms with Crippen molar-refractivity contribution in [1.29, 1.82) is 0 Å². The number of para-hydroxylation sites is 2. The third-order valence-electron chi connectivity index (χ3n) is 2.98. The first kappa shape index (κ1) is 17.2. The molecular formula is C16H25N3O2. The highest BCUT2D eigenvalue weighted by Crippen LogP contribution is 2.24. The van der Waals surface area contributed by atoms with Gasteiger partial charge in [-0.05, 0) is 25.5 Å². The maximum atomic E-state index is 11.9. The van der Waals surface area contributed by atoms with Gasteiger partial charge in [-0.3, -0.25) is 4.79 Å². The number of unbranched alkanes of at least 4 members (excludes halogenated alkanes) is 1. The minimum atomic E-state index is -0.156. The molecule has 21 heavy (non-hydrogen) atoms. The Morgan fingerprint density at radius 1 is 1.33 bits per heavy atom. The minimum absolute atomic E-state index is 0.0741. The topological polar surface area (TPSA) is 53.9 Å². The second-order valence-corrected chi connectivity index (χ2v) is 5.02. The molecule has 0 radical (unpaired) electrons. The van der Waals surface area contributed by atoms with Crippen molar-refractivity contribution in [2.24, 2.45) is 4.99 Å². The molecule has 0 aliphatic rings. The van der Waals surface area contributed by atoms with E-state index in [0.29, 0.717) is 12.3 Å². The van der Waals surface area contributed by atoms with Gasteiger partial charge in [-0.2, -0.15) is 0 Å². The average Bonchev–Trinajstić information content (AvgIpc) is 2.45. The zero-order valence-electron chi connectivity index (χ0n) is 13.3. The number of benzene rings is 1. The van der Waals surface area contributed by atoms with Crippen LogP contribution in [0.3, 0.4) is 0 Å². The van der Waals surface area contributed by atoms with Gasteiger partial charge in [0.2, 0.25) is 5.91 Å². The molecule has 1 aromatic carbocycles. The fourth-order valence-corrected chi connectivity index (χ4v) is 1.55. The fourth-order valence-electron chi connectivity index (χ4n) is 1.55. The van der Waals surface area contributed by atoms with E-state index in [1.807, 2.05) is 50.2 Å². The quantitative estimate of drug-likeness (QED) is 0.477. The van der Waals surface area contributed by atoms with Gasteiger partial charge in [0.05, 0.1) is 11.4 Å². The number of amides is 1. The van der Waals surface area contributed by atoms with Crippen molar-refractivity contribution in [2.45, 2.75) is 26.7 Å². The highest BCUT2D eigenvalue weighted by atomic mass is 16.5. The fraction of sp³-hybridized carbons (Fsp3) is 0.500. The Hall–Kier alpha value is -1.88. The summed E-state index contributed by atoms with van der Waals surface area (Å²) >= 11 is 0. The highest BCUT2D eigenvalue weighted by molar-refractivity contribution is 5.95. The Kier molecular flexibility index (Phi) is 7.46. The number of nitrogens with zero attached hydrogens (tertiary/aromatic N) is 2. The molecule has 0 aromatic heterocycles. The van der Waals surface area contributed by atoms with Gasteiger partial charge in [-0.15, -0.1) is 0 Å². The predicted molar refractivity (Wildman–Crippen MR) is 87.3 cm³/mol. The van der Waals surface area contributed by atoms with Gasteiger partial charge < -0.3 is 15.0 Å². The normalized spacial score (nSPS) is 11.3. The van der Waals surface area contributed by atoms with Gasteiger partial charge >= 0.3 is 0 Å². The summed E-state index contributed by atoms with van der Waals surface area (Å²) in [5.74, 6) is 0.715. The molecule has 0 fully saturated rings. The van der Waals surface area contributed by atoms with Gasteiger partial charge in [0.1, 0.15) is 12.4 Å². The summed E-state index contributed by atoms with van der Waals surface area (Å²) in [5.41, 5.74) is 1.44. The number of aliphatic imine (C=N–C) groups is 1. The van der Waals surface area contributed by atoms with E-state index in [1.165, 1.54) is 0 Å². The van der Waals surface area contributed by atoms with E-state index in [4.69, 9.17) is 4.74 Å². The zero-order valence-corrected chi connectivity index (χ0v) is 13.3. The number of amidine groups is 1. The smallest absolute Gasteiger partial charge is 0.250 e. The van der Waals surface area contributed by atoms with Crippen molar-refractivity contribution in [3.63, 3.8) is 0 Å². The molecule has 1 rings (SSSR count). The van der Waals surface area contributed by atoms with E-state index < -0.39 is 0 Å². The standard InChI is InChI=1S/C16H25N3O2/c1-5-6-11-21-12-16(20)18-15-10-8-7-9-14(15)17-13(2)19(3)4/h7-10H,5-6,11-12H2,1-4H3,(H,18,20). The van der Waals surface area contributed by atoms with Crippen LogP contribution in [0.15, 0.2) is 29.3 Å². The molecule has 5 nitrogen and oxygen atoms in total. The van der Waals surface area contributed by atoms with E-state index in [2.05, 4.69) is 17.2 Å². The average molecular weight is 291 g/mol. The largest absolute Gasteiger partial charge is 0.372 e.